The first-order valence-corrected chi connectivity index (χ1v) is 9.79. The molecule has 0 aliphatic heterocycles. The first kappa shape index (κ1) is 19.1. The molecule has 3 aromatic rings. The number of carbonyl (C=O) groups is 1. The van der Waals surface area contributed by atoms with Gasteiger partial charge in [-0.15, -0.1) is 0 Å². The number of aromatic nitrogens is 2. The number of ether oxygens (including phenoxy) is 2. The smallest absolute Gasteiger partial charge is 0.252 e. The molecule has 1 saturated carbocycles. The van der Waals surface area contributed by atoms with Gasteiger partial charge in [0.2, 0.25) is 0 Å². The lowest BCUT2D eigenvalue weighted by atomic mass is 10.0. The van der Waals surface area contributed by atoms with Crippen LogP contribution in [0, 0.1) is 5.92 Å². The Morgan fingerprint density at radius 3 is 2.66 bits per heavy atom. The van der Waals surface area contributed by atoms with Crippen LogP contribution in [-0.4, -0.2) is 29.2 Å². The standard InChI is InChI=1S/C23H25N3O3/c1-26-13-12-24-22(26)21(18-4-3-5-20(14-18)28-2)25-23(27)17-8-10-19(11-9-17)29-15-16-6-7-16/h3-5,8-14,16,21H,6-7,15H2,1-2H3,(H,25,27). The summed E-state index contributed by atoms with van der Waals surface area (Å²) < 4.78 is 13.0. The molecule has 1 unspecified atom stereocenters. The number of amides is 1. The van der Waals surface area contributed by atoms with Crippen molar-refractivity contribution in [3.63, 3.8) is 0 Å². The van der Waals surface area contributed by atoms with E-state index in [9.17, 15) is 4.79 Å². The summed E-state index contributed by atoms with van der Waals surface area (Å²) in [5.74, 6) is 2.79. The average molecular weight is 391 g/mol. The minimum absolute atomic E-state index is 0.172. The number of hydrogen-bond acceptors (Lipinski definition) is 4. The maximum Gasteiger partial charge on any atom is 0.252 e. The van der Waals surface area contributed by atoms with E-state index in [1.807, 2.05) is 54.2 Å². The summed E-state index contributed by atoms with van der Waals surface area (Å²) >= 11 is 0. The molecule has 1 fully saturated rings. The van der Waals surface area contributed by atoms with E-state index in [0.29, 0.717) is 11.5 Å². The number of aryl methyl sites for hydroxylation is 1. The van der Waals surface area contributed by atoms with Crippen LogP contribution >= 0.6 is 0 Å². The van der Waals surface area contributed by atoms with Crippen LogP contribution in [0.5, 0.6) is 11.5 Å². The fourth-order valence-electron chi connectivity index (χ4n) is 3.19. The molecule has 29 heavy (non-hydrogen) atoms. The lowest BCUT2D eigenvalue weighted by Gasteiger charge is -2.20. The van der Waals surface area contributed by atoms with Gasteiger partial charge in [0.15, 0.2) is 0 Å². The predicted molar refractivity (Wildman–Crippen MR) is 110 cm³/mol. The van der Waals surface area contributed by atoms with Gasteiger partial charge in [-0.2, -0.15) is 0 Å². The third-order valence-corrected chi connectivity index (χ3v) is 5.12. The Morgan fingerprint density at radius 2 is 2.00 bits per heavy atom. The quantitative estimate of drug-likeness (QED) is 0.635. The van der Waals surface area contributed by atoms with Gasteiger partial charge in [-0.3, -0.25) is 4.79 Å². The molecule has 2 aromatic carbocycles. The van der Waals surface area contributed by atoms with Crippen molar-refractivity contribution in [2.45, 2.75) is 18.9 Å². The lowest BCUT2D eigenvalue weighted by molar-refractivity contribution is 0.0941. The molecule has 0 bridgehead atoms. The van der Waals surface area contributed by atoms with E-state index in [0.717, 1.165) is 29.5 Å². The van der Waals surface area contributed by atoms with Gasteiger partial charge in [0.1, 0.15) is 23.4 Å². The number of benzene rings is 2. The van der Waals surface area contributed by atoms with Crippen molar-refractivity contribution >= 4 is 5.91 Å². The van der Waals surface area contributed by atoms with E-state index in [1.165, 1.54) is 12.8 Å². The monoisotopic (exact) mass is 391 g/mol. The molecule has 1 atom stereocenters. The second kappa shape index (κ2) is 8.39. The normalized spacial score (nSPS) is 14.3. The minimum atomic E-state index is -0.400. The average Bonchev–Trinajstić information content (AvgIpc) is 3.50. The fourth-order valence-corrected chi connectivity index (χ4v) is 3.19. The van der Waals surface area contributed by atoms with E-state index >= 15 is 0 Å². The highest BCUT2D eigenvalue weighted by Gasteiger charge is 2.23. The number of imidazole rings is 1. The Morgan fingerprint density at radius 1 is 1.21 bits per heavy atom. The third kappa shape index (κ3) is 4.59. The van der Waals surface area contributed by atoms with Crippen molar-refractivity contribution in [3.8, 4) is 11.5 Å². The summed E-state index contributed by atoms with van der Waals surface area (Å²) in [6.07, 6.45) is 6.08. The molecule has 1 N–H and O–H groups in total. The van der Waals surface area contributed by atoms with Gasteiger partial charge in [0, 0.05) is 25.0 Å². The van der Waals surface area contributed by atoms with Crippen molar-refractivity contribution in [2.75, 3.05) is 13.7 Å². The molecule has 1 heterocycles. The molecular weight excluding hydrogens is 366 g/mol. The SMILES string of the molecule is COc1cccc(C(NC(=O)c2ccc(OCC3CC3)cc2)c2nccn2C)c1. The number of hydrogen-bond donors (Lipinski definition) is 1. The zero-order valence-electron chi connectivity index (χ0n) is 16.7. The molecular formula is C23H25N3O3. The zero-order valence-corrected chi connectivity index (χ0v) is 16.7. The predicted octanol–water partition coefficient (Wildman–Crippen LogP) is 3.74. The first-order chi connectivity index (χ1) is 14.1. The zero-order chi connectivity index (χ0) is 20.2. The van der Waals surface area contributed by atoms with Gasteiger partial charge in [-0.25, -0.2) is 4.98 Å². The molecule has 0 radical (unpaired) electrons. The summed E-state index contributed by atoms with van der Waals surface area (Å²) in [4.78, 5) is 17.4. The van der Waals surface area contributed by atoms with Crippen molar-refractivity contribution < 1.29 is 14.3 Å². The Kier molecular flexibility index (Phi) is 5.51. The molecule has 150 valence electrons. The Bertz CT molecular complexity index is 977. The summed E-state index contributed by atoms with van der Waals surface area (Å²) in [5, 5.41) is 3.11. The molecule has 6 nitrogen and oxygen atoms in total. The van der Waals surface area contributed by atoms with Gasteiger partial charge in [-0.1, -0.05) is 12.1 Å². The molecule has 6 heteroatoms. The van der Waals surface area contributed by atoms with Crippen LogP contribution in [0.3, 0.4) is 0 Å². The van der Waals surface area contributed by atoms with Crippen LogP contribution in [0.4, 0.5) is 0 Å². The van der Waals surface area contributed by atoms with Gasteiger partial charge >= 0.3 is 0 Å². The summed E-state index contributed by atoms with van der Waals surface area (Å²) in [6.45, 7) is 0.753. The van der Waals surface area contributed by atoms with Gasteiger partial charge < -0.3 is 19.4 Å². The summed E-state index contributed by atoms with van der Waals surface area (Å²) in [7, 11) is 3.54. The number of methoxy groups -OCH3 is 1. The molecule has 0 spiro atoms. The Balaban J connectivity index is 1.53. The van der Waals surface area contributed by atoms with Crippen molar-refractivity contribution in [1.82, 2.24) is 14.9 Å². The van der Waals surface area contributed by atoms with Crippen molar-refractivity contribution in [2.24, 2.45) is 13.0 Å². The molecule has 1 aromatic heterocycles. The molecule has 4 rings (SSSR count). The Hall–Kier alpha value is -3.28. The number of rotatable bonds is 8. The van der Waals surface area contributed by atoms with Crippen LogP contribution < -0.4 is 14.8 Å². The van der Waals surface area contributed by atoms with Gasteiger partial charge in [-0.05, 0) is 60.7 Å². The van der Waals surface area contributed by atoms with E-state index in [1.54, 1.807) is 25.4 Å². The second-order valence-electron chi connectivity index (χ2n) is 7.36. The second-order valence-corrected chi connectivity index (χ2v) is 7.36. The maximum atomic E-state index is 13.0. The lowest BCUT2D eigenvalue weighted by Crippen LogP contribution is -2.31. The van der Waals surface area contributed by atoms with Crippen LogP contribution in [-0.2, 0) is 7.05 Å². The topological polar surface area (TPSA) is 65.4 Å². The highest BCUT2D eigenvalue weighted by atomic mass is 16.5. The number of carbonyl (C=O) groups excluding carboxylic acids is 1. The largest absolute Gasteiger partial charge is 0.497 e. The molecule has 1 aliphatic carbocycles. The van der Waals surface area contributed by atoms with Crippen molar-refractivity contribution in [3.05, 3.63) is 77.9 Å². The van der Waals surface area contributed by atoms with Crippen LogP contribution in [0.15, 0.2) is 60.9 Å². The summed E-state index contributed by atoms with van der Waals surface area (Å²) in [5.41, 5.74) is 1.47. The molecule has 0 saturated heterocycles. The van der Waals surface area contributed by atoms with E-state index in [4.69, 9.17) is 9.47 Å². The first-order valence-electron chi connectivity index (χ1n) is 9.79. The van der Waals surface area contributed by atoms with E-state index < -0.39 is 6.04 Å². The Labute approximate surface area is 170 Å². The van der Waals surface area contributed by atoms with Gasteiger partial charge in [0.05, 0.1) is 13.7 Å². The number of nitrogens with zero attached hydrogens (tertiary/aromatic N) is 2. The fraction of sp³-hybridized carbons (Fsp3) is 0.304. The van der Waals surface area contributed by atoms with E-state index in [2.05, 4.69) is 10.3 Å². The van der Waals surface area contributed by atoms with Crippen LogP contribution in [0.1, 0.15) is 40.6 Å². The summed E-state index contributed by atoms with van der Waals surface area (Å²) in [6, 6.07) is 14.5. The van der Waals surface area contributed by atoms with E-state index in [-0.39, 0.29) is 5.91 Å². The minimum Gasteiger partial charge on any atom is -0.497 e. The van der Waals surface area contributed by atoms with Crippen LogP contribution in [0.2, 0.25) is 0 Å². The maximum absolute atomic E-state index is 13.0. The van der Waals surface area contributed by atoms with Gasteiger partial charge in [0.25, 0.3) is 5.91 Å². The highest BCUT2D eigenvalue weighted by molar-refractivity contribution is 5.94. The molecule has 1 amide bonds. The highest BCUT2D eigenvalue weighted by Crippen LogP contribution is 2.29. The molecule has 1 aliphatic rings. The number of nitrogens with one attached hydrogen (secondary N) is 1. The van der Waals surface area contributed by atoms with Crippen LogP contribution in [0.25, 0.3) is 0 Å². The third-order valence-electron chi connectivity index (χ3n) is 5.12. The van der Waals surface area contributed by atoms with Crippen molar-refractivity contribution in [1.29, 1.82) is 0 Å².